The van der Waals surface area contributed by atoms with Gasteiger partial charge in [0.1, 0.15) is 5.69 Å². The van der Waals surface area contributed by atoms with Crippen molar-refractivity contribution in [1.82, 2.24) is 9.88 Å². The average molecular weight is 434 g/mol. The standard InChI is InChI=1S/C22H31N3O4S/c1-22(20-5-4-14-29-20)10-6-17(7-11-22)30(26,27)24-19-15-16-8-12-25(2)13-9-18(16)23-21(19)28-3/h6-7,10,15,20,24H,4-5,8-9,11-14H2,1-3H3/t20-,22?/m1/s1. The van der Waals surface area contributed by atoms with Crippen LogP contribution in [0, 0.1) is 5.41 Å². The van der Waals surface area contributed by atoms with Crippen LogP contribution in [0.2, 0.25) is 0 Å². The monoisotopic (exact) mass is 433 g/mol. The molecular formula is C22H31N3O4S. The third-order valence-corrected chi connectivity index (χ3v) is 7.85. The minimum atomic E-state index is -3.74. The van der Waals surface area contributed by atoms with Crippen LogP contribution in [0.3, 0.4) is 0 Å². The van der Waals surface area contributed by atoms with E-state index in [4.69, 9.17) is 9.47 Å². The number of nitrogens with one attached hydrogen (secondary N) is 1. The van der Waals surface area contributed by atoms with E-state index in [1.807, 2.05) is 12.1 Å². The number of rotatable bonds is 5. The minimum absolute atomic E-state index is 0.147. The molecule has 0 bridgehead atoms. The Bertz CT molecular complexity index is 967. The number of fused-ring (bicyclic) bond motifs is 1. The van der Waals surface area contributed by atoms with Crippen molar-refractivity contribution in [2.24, 2.45) is 5.41 Å². The summed E-state index contributed by atoms with van der Waals surface area (Å²) in [6, 6.07) is 1.88. The van der Waals surface area contributed by atoms with E-state index in [0.717, 1.165) is 56.6 Å². The first-order valence-electron chi connectivity index (χ1n) is 10.6. The topological polar surface area (TPSA) is 80.8 Å². The second kappa shape index (κ2) is 8.32. The maximum absolute atomic E-state index is 13.1. The number of methoxy groups -OCH3 is 1. The fourth-order valence-corrected chi connectivity index (χ4v) is 5.53. The van der Waals surface area contributed by atoms with Gasteiger partial charge >= 0.3 is 0 Å². The van der Waals surface area contributed by atoms with Crippen LogP contribution in [-0.4, -0.2) is 58.3 Å². The summed E-state index contributed by atoms with van der Waals surface area (Å²) in [5.41, 5.74) is 2.27. The van der Waals surface area contributed by atoms with E-state index in [-0.39, 0.29) is 16.4 Å². The van der Waals surface area contributed by atoms with E-state index < -0.39 is 10.0 Å². The summed E-state index contributed by atoms with van der Waals surface area (Å²) in [4.78, 5) is 7.12. The van der Waals surface area contributed by atoms with Crippen molar-refractivity contribution in [2.75, 3.05) is 38.6 Å². The summed E-state index contributed by atoms with van der Waals surface area (Å²) in [5.74, 6) is 0.312. The van der Waals surface area contributed by atoms with Crippen molar-refractivity contribution in [1.29, 1.82) is 0 Å². The van der Waals surface area contributed by atoms with Crippen molar-refractivity contribution < 1.29 is 17.9 Å². The maximum Gasteiger partial charge on any atom is 0.261 e. The summed E-state index contributed by atoms with van der Waals surface area (Å²) < 4.78 is 40.1. The predicted octanol–water partition coefficient (Wildman–Crippen LogP) is 2.89. The molecule has 4 rings (SSSR count). The second-order valence-corrected chi connectivity index (χ2v) is 10.4. The first-order chi connectivity index (χ1) is 14.3. The van der Waals surface area contributed by atoms with Gasteiger partial charge in [-0.2, -0.15) is 0 Å². The van der Waals surface area contributed by atoms with Gasteiger partial charge in [0.25, 0.3) is 10.0 Å². The zero-order valence-electron chi connectivity index (χ0n) is 18.0. The second-order valence-electron chi connectivity index (χ2n) is 8.71. The Balaban J connectivity index is 1.55. The van der Waals surface area contributed by atoms with Crippen LogP contribution in [0.15, 0.2) is 29.2 Å². The lowest BCUT2D eigenvalue weighted by atomic mass is 9.77. The van der Waals surface area contributed by atoms with Crippen LogP contribution in [0.1, 0.15) is 37.4 Å². The molecule has 1 saturated heterocycles. The molecule has 3 aliphatic rings. The van der Waals surface area contributed by atoms with E-state index in [1.54, 1.807) is 12.2 Å². The van der Waals surface area contributed by atoms with Crippen molar-refractivity contribution in [3.8, 4) is 5.88 Å². The number of sulfonamides is 1. The lowest BCUT2D eigenvalue weighted by Crippen LogP contribution is -2.31. The molecule has 0 saturated carbocycles. The fraction of sp³-hybridized carbons (Fsp3) is 0.591. The molecule has 164 valence electrons. The molecule has 3 heterocycles. The SMILES string of the molecule is COc1nc2c(cc1NS(=O)(=O)C1=CCC(C)([C@H]3CCCO3)C=C1)CCN(C)CC2. The van der Waals surface area contributed by atoms with Gasteiger partial charge in [-0.3, -0.25) is 4.72 Å². The van der Waals surface area contributed by atoms with Crippen molar-refractivity contribution in [3.05, 3.63) is 40.5 Å². The van der Waals surface area contributed by atoms with Gasteiger partial charge in [0.15, 0.2) is 0 Å². The van der Waals surface area contributed by atoms with Crippen molar-refractivity contribution in [2.45, 2.75) is 45.1 Å². The number of aromatic nitrogens is 1. The lowest BCUT2D eigenvalue weighted by Gasteiger charge is -2.33. The molecule has 2 aliphatic heterocycles. The summed E-state index contributed by atoms with van der Waals surface area (Å²) >= 11 is 0. The molecule has 0 spiro atoms. The molecule has 2 atom stereocenters. The summed E-state index contributed by atoms with van der Waals surface area (Å²) in [6.07, 6.45) is 10.00. The van der Waals surface area contributed by atoms with Gasteiger partial charge < -0.3 is 14.4 Å². The molecule has 7 nitrogen and oxygen atoms in total. The summed E-state index contributed by atoms with van der Waals surface area (Å²) in [5, 5.41) is 0. The molecule has 8 heteroatoms. The number of hydrogen-bond donors (Lipinski definition) is 1. The zero-order valence-corrected chi connectivity index (χ0v) is 18.8. The van der Waals surface area contributed by atoms with Gasteiger partial charge in [-0.1, -0.05) is 19.1 Å². The molecule has 1 aromatic heterocycles. The van der Waals surface area contributed by atoms with Gasteiger partial charge in [-0.05, 0) is 50.4 Å². The molecule has 1 unspecified atom stereocenters. The Kier molecular flexibility index (Phi) is 5.92. The van der Waals surface area contributed by atoms with E-state index in [0.29, 0.717) is 18.0 Å². The molecule has 1 aliphatic carbocycles. The number of ether oxygens (including phenoxy) is 2. The van der Waals surface area contributed by atoms with Crippen molar-refractivity contribution >= 4 is 15.7 Å². The smallest absolute Gasteiger partial charge is 0.261 e. The third kappa shape index (κ3) is 4.26. The zero-order chi connectivity index (χ0) is 21.4. The molecule has 1 fully saturated rings. The molecule has 0 aromatic carbocycles. The molecule has 1 N–H and O–H groups in total. The van der Waals surface area contributed by atoms with E-state index in [2.05, 4.69) is 28.6 Å². The van der Waals surface area contributed by atoms with Gasteiger partial charge in [0.2, 0.25) is 5.88 Å². The lowest BCUT2D eigenvalue weighted by molar-refractivity contribution is 0.0353. The molecular weight excluding hydrogens is 402 g/mol. The highest BCUT2D eigenvalue weighted by Gasteiger charge is 2.37. The number of likely N-dealkylation sites (N-methyl/N-ethyl adjacent to an activating group) is 1. The van der Waals surface area contributed by atoms with Crippen LogP contribution in [-0.2, 0) is 27.6 Å². The van der Waals surface area contributed by atoms with Gasteiger partial charge in [0, 0.05) is 37.2 Å². The predicted molar refractivity (Wildman–Crippen MR) is 117 cm³/mol. The van der Waals surface area contributed by atoms with Gasteiger partial charge in [-0.15, -0.1) is 0 Å². The van der Waals surface area contributed by atoms with Crippen LogP contribution in [0.25, 0.3) is 0 Å². The Labute approximate surface area is 179 Å². The number of hydrogen-bond acceptors (Lipinski definition) is 6. The van der Waals surface area contributed by atoms with Gasteiger partial charge in [-0.25, -0.2) is 13.4 Å². The largest absolute Gasteiger partial charge is 0.479 e. The Morgan fingerprint density at radius 3 is 2.80 bits per heavy atom. The quantitative estimate of drug-likeness (QED) is 0.769. The van der Waals surface area contributed by atoms with Gasteiger partial charge in [0.05, 0.1) is 18.1 Å². The highest BCUT2D eigenvalue weighted by Crippen LogP contribution is 2.40. The highest BCUT2D eigenvalue weighted by molar-refractivity contribution is 7.96. The summed E-state index contributed by atoms with van der Waals surface area (Å²) in [6.45, 7) is 4.76. The van der Waals surface area contributed by atoms with E-state index in [9.17, 15) is 8.42 Å². The first-order valence-corrected chi connectivity index (χ1v) is 12.1. The fourth-order valence-electron chi connectivity index (χ4n) is 4.42. The number of nitrogens with zero attached hydrogens (tertiary/aromatic N) is 2. The van der Waals surface area contributed by atoms with Crippen LogP contribution >= 0.6 is 0 Å². The first kappa shape index (κ1) is 21.3. The average Bonchev–Trinajstić information content (AvgIpc) is 3.21. The Hall–Kier alpha value is -1.90. The highest BCUT2D eigenvalue weighted by atomic mass is 32.2. The number of anilines is 1. The van der Waals surface area contributed by atoms with E-state index >= 15 is 0 Å². The number of pyridine rings is 1. The molecule has 1 aromatic rings. The maximum atomic E-state index is 13.1. The molecule has 0 amide bonds. The van der Waals surface area contributed by atoms with Crippen molar-refractivity contribution in [3.63, 3.8) is 0 Å². The Morgan fingerprint density at radius 1 is 1.33 bits per heavy atom. The Morgan fingerprint density at radius 2 is 2.13 bits per heavy atom. The minimum Gasteiger partial charge on any atom is -0.479 e. The van der Waals surface area contributed by atoms with Crippen LogP contribution in [0.5, 0.6) is 5.88 Å². The summed E-state index contributed by atoms with van der Waals surface area (Å²) in [7, 11) is -0.138. The van der Waals surface area contributed by atoms with Crippen LogP contribution in [0.4, 0.5) is 5.69 Å². The van der Waals surface area contributed by atoms with E-state index in [1.165, 1.54) is 7.11 Å². The normalized spacial score (nSPS) is 27.3. The molecule has 30 heavy (non-hydrogen) atoms. The number of allylic oxidation sites excluding steroid dienone is 2. The molecule has 0 radical (unpaired) electrons. The third-order valence-electron chi connectivity index (χ3n) is 6.43. The van der Waals surface area contributed by atoms with Crippen LogP contribution < -0.4 is 9.46 Å².